The van der Waals surface area contributed by atoms with Crippen LogP contribution in [0.2, 0.25) is 0 Å². The van der Waals surface area contributed by atoms with Gasteiger partial charge in [-0.3, -0.25) is 0 Å². The second-order valence-electron chi connectivity index (χ2n) is 5.80. The maximum atomic E-state index is 3.44. The van der Waals surface area contributed by atoms with Crippen LogP contribution in [0.4, 0.5) is 0 Å². The lowest BCUT2D eigenvalue weighted by Gasteiger charge is -2.41. The van der Waals surface area contributed by atoms with Crippen molar-refractivity contribution in [3.8, 4) is 0 Å². The van der Waals surface area contributed by atoms with E-state index in [0.29, 0.717) is 5.41 Å². The minimum atomic E-state index is 0.543. The molecule has 1 N–H and O–H groups in total. The van der Waals surface area contributed by atoms with E-state index in [-0.39, 0.29) is 0 Å². The van der Waals surface area contributed by atoms with Crippen LogP contribution in [-0.4, -0.2) is 13.1 Å². The van der Waals surface area contributed by atoms with E-state index in [4.69, 9.17) is 0 Å². The predicted molar refractivity (Wildman–Crippen MR) is 58.8 cm³/mol. The maximum Gasteiger partial charge on any atom is 0.00718 e. The Hall–Kier alpha value is -0.0400. The molecule has 0 spiro atoms. The molecule has 0 bridgehead atoms. The molecule has 0 heterocycles. The minimum Gasteiger partial charge on any atom is -0.317 e. The Morgan fingerprint density at radius 3 is 2.31 bits per heavy atom. The molecular formula is C12H25N. The fraction of sp³-hybridized carbons (Fsp3) is 1.00. The lowest BCUT2D eigenvalue weighted by atomic mass is 9.67. The Bertz CT molecular complexity index is 161. The van der Waals surface area contributed by atoms with Crippen molar-refractivity contribution in [2.75, 3.05) is 7.05 Å². The van der Waals surface area contributed by atoms with E-state index in [1.807, 2.05) is 0 Å². The first-order valence-corrected chi connectivity index (χ1v) is 5.62. The topological polar surface area (TPSA) is 12.0 Å². The van der Waals surface area contributed by atoms with Gasteiger partial charge in [0.25, 0.3) is 0 Å². The predicted octanol–water partition coefficient (Wildman–Crippen LogP) is 3.06. The fourth-order valence-corrected chi connectivity index (χ4v) is 2.72. The quantitative estimate of drug-likeness (QED) is 0.694. The highest BCUT2D eigenvalue weighted by molar-refractivity contribution is 4.88. The summed E-state index contributed by atoms with van der Waals surface area (Å²) in [5.74, 6) is 1.76. The molecule has 1 heteroatoms. The number of rotatable bonds is 2. The second kappa shape index (κ2) is 4.00. The molecule has 0 aromatic heterocycles. The molecule has 2 atom stereocenters. The Morgan fingerprint density at radius 2 is 1.85 bits per heavy atom. The van der Waals surface area contributed by atoms with E-state index in [0.717, 1.165) is 17.9 Å². The van der Waals surface area contributed by atoms with Crippen LogP contribution in [0, 0.1) is 17.3 Å². The van der Waals surface area contributed by atoms with Gasteiger partial charge in [-0.15, -0.1) is 0 Å². The van der Waals surface area contributed by atoms with E-state index in [9.17, 15) is 0 Å². The van der Waals surface area contributed by atoms with Crippen molar-refractivity contribution in [1.29, 1.82) is 0 Å². The van der Waals surface area contributed by atoms with E-state index in [1.165, 1.54) is 19.3 Å². The molecule has 0 aromatic rings. The fourth-order valence-electron chi connectivity index (χ4n) is 2.72. The summed E-state index contributed by atoms with van der Waals surface area (Å²) in [4.78, 5) is 0. The zero-order valence-electron chi connectivity index (χ0n) is 9.85. The standard InChI is InChI=1S/C12H25N/c1-9(2)10-6-11(13-5)8-12(3,4)7-10/h9-11,13H,6-8H2,1-5H3. The van der Waals surface area contributed by atoms with Gasteiger partial charge in [-0.25, -0.2) is 0 Å². The molecule has 1 aliphatic carbocycles. The molecule has 2 unspecified atom stereocenters. The van der Waals surface area contributed by atoms with Crippen LogP contribution in [0.15, 0.2) is 0 Å². The highest BCUT2D eigenvalue weighted by atomic mass is 14.9. The van der Waals surface area contributed by atoms with Gasteiger partial charge in [0, 0.05) is 6.04 Å². The van der Waals surface area contributed by atoms with Gasteiger partial charge < -0.3 is 5.32 Å². The molecule has 1 saturated carbocycles. The van der Waals surface area contributed by atoms with E-state index in [2.05, 4.69) is 40.1 Å². The molecule has 0 aliphatic heterocycles. The maximum absolute atomic E-state index is 3.44. The van der Waals surface area contributed by atoms with E-state index >= 15 is 0 Å². The van der Waals surface area contributed by atoms with Gasteiger partial charge in [-0.05, 0) is 43.6 Å². The van der Waals surface area contributed by atoms with Crippen LogP contribution in [0.25, 0.3) is 0 Å². The Kier molecular flexibility index (Phi) is 3.39. The summed E-state index contributed by atoms with van der Waals surface area (Å²) in [6.45, 7) is 9.54. The van der Waals surface area contributed by atoms with Gasteiger partial charge in [0.05, 0.1) is 0 Å². The molecule has 1 aliphatic rings. The second-order valence-corrected chi connectivity index (χ2v) is 5.80. The molecule has 0 radical (unpaired) electrons. The summed E-state index contributed by atoms with van der Waals surface area (Å²) >= 11 is 0. The monoisotopic (exact) mass is 183 g/mol. The lowest BCUT2D eigenvalue weighted by molar-refractivity contribution is 0.118. The van der Waals surface area contributed by atoms with Crippen molar-refractivity contribution in [3.63, 3.8) is 0 Å². The molecule has 13 heavy (non-hydrogen) atoms. The number of nitrogens with one attached hydrogen (secondary N) is 1. The first-order chi connectivity index (χ1) is 5.94. The summed E-state index contributed by atoms with van der Waals surface area (Å²) < 4.78 is 0. The van der Waals surface area contributed by atoms with Crippen LogP contribution < -0.4 is 5.32 Å². The average molecular weight is 183 g/mol. The summed E-state index contributed by atoms with van der Waals surface area (Å²) in [6.07, 6.45) is 4.12. The highest BCUT2D eigenvalue weighted by Gasteiger charge is 2.34. The third-order valence-electron chi connectivity index (χ3n) is 3.55. The third-order valence-corrected chi connectivity index (χ3v) is 3.55. The zero-order valence-corrected chi connectivity index (χ0v) is 9.85. The molecule has 78 valence electrons. The van der Waals surface area contributed by atoms with Gasteiger partial charge in [0.15, 0.2) is 0 Å². The summed E-state index contributed by atoms with van der Waals surface area (Å²) in [5, 5.41) is 3.44. The molecular weight excluding hydrogens is 158 g/mol. The van der Waals surface area contributed by atoms with Crippen molar-refractivity contribution < 1.29 is 0 Å². The Balaban J connectivity index is 2.60. The SMILES string of the molecule is CNC1CC(C(C)C)CC(C)(C)C1. The largest absolute Gasteiger partial charge is 0.317 e. The molecule has 1 nitrogen and oxygen atoms in total. The average Bonchev–Trinajstić information content (AvgIpc) is 2.01. The van der Waals surface area contributed by atoms with Crippen LogP contribution in [0.3, 0.4) is 0 Å². The Morgan fingerprint density at radius 1 is 1.23 bits per heavy atom. The van der Waals surface area contributed by atoms with Crippen molar-refractivity contribution in [2.24, 2.45) is 17.3 Å². The number of hydrogen-bond acceptors (Lipinski definition) is 1. The van der Waals surface area contributed by atoms with Crippen LogP contribution in [0.5, 0.6) is 0 Å². The Labute approximate surface area is 83.3 Å². The highest BCUT2D eigenvalue weighted by Crippen LogP contribution is 2.41. The van der Waals surface area contributed by atoms with Crippen molar-refractivity contribution in [2.45, 2.75) is 53.0 Å². The van der Waals surface area contributed by atoms with Gasteiger partial charge in [0.1, 0.15) is 0 Å². The summed E-state index contributed by atoms with van der Waals surface area (Å²) in [6, 6.07) is 0.746. The molecule has 0 aromatic carbocycles. The van der Waals surface area contributed by atoms with Gasteiger partial charge >= 0.3 is 0 Å². The van der Waals surface area contributed by atoms with Crippen LogP contribution >= 0.6 is 0 Å². The normalized spacial score (nSPS) is 33.7. The third kappa shape index (κ3) is 2.98. The van der Waals surface area contributed by atoms with Crippen molar-refractivity contribution >= 4 is 0 Å². The summed E-state index contributed by atoms with van der Waals surface area (Å²) in [7, 11) is 2.10. The zero-order chi connectivity index (χ0) is 10.1. The van der Waals surface area contributed by atoms with Crippen LogP contribution in [0.1, 0.15) is 47.0 Å². The van der Waals surface area contributed by atoms with Crippen molar-refractivity contribution in [1.82, 2.24) is 5.32 Å². The smallest absolute Gasteiger partial charge is 0.00718 e. The van der Waals surface area contributed by atoms with E-state index < -0.39 is 0 Å². The molecule has 1 fully saturated rings. The van der Waals surface area contributed by atoms with Gasteiger partial charge in [0.2, 0.25) is 0 Å². The van der Waals surface area contributed by atoms with Crippen molar-refractivity contribution in [3.05, 3.63) is 0 Å². The molecule has 0 amide bonds. The minimum absolute atomic E-state index is 0.543. The molecule has 1 rings (SSSR count). The lowest BCUT2D eigenvalue weighted by Crippen LogP contribution is -2.40. The summed E-state index contributed by atoms with van der Waals surface area (Å²) in [5.41, 5.74) is 0.543. The first kappa shape index (κ1) is 11.0. The first-order valence-electron chi connectivity index (χ1n) is 5.62. The van der Waals surface area contributed by atoms with Gasteiger partial charge in [-0.1, -0.05) is 27.7 Å². The van der Waals surface area contributed by atoms with Gasteiger partial charge in [-0.2, -0.15) is 0 Å². The number of hydrogen-bond donors (Lipinski definition) is 1. The van der Waals surface area contributed by atoms with Crippen LogP contribution in [-0.2, 0) is 0 Å². The van der Waals surface area contributed by atoms with E-state index in [1.54, 1.807) is 0 Å². The molecule has 0 saturated heterocycles.